The van der Waals surface area contributed by atoms with E-state index in [2.05, 4.69) is 12.0 Å². The standard InChI is InChI=1S/C23H32BN3O5/c1-5-32-23(29)20-14-26(19-12-10-18(11-13-19)24(30)31)25-21(20)27(15(2)3)22(28)17-8-6-16(4)7-9-17/h10-17,30-31H,5-9H2,1-4H3. The summed E-state index contributed by atoms with van der Waals surface area (Å²) in [6.45, 7) is 7.98. The molecular weight excluding hydrogens is 409 g/mol. The zero-order valence-electron chi connectivity index (χ0n) is 19.2. The molecule has 0 saturated heterocycles. The summed E-state index contributed by atoms with van der Waals surface area (Å²) in [4.78, 5) is 27.9. The van der Waals surface area contributed by atoms with Crippen molar-refractivity contribution in [3.63, 3.8) is 0 Å². The van der Waals surface area contributed by atoms with Crippen LogP contribution in [-0.2, 0) is 9.53 Å². The number of aromatic nitrogens is 2. The molecule has 0 bridgehead atoms. The van der Waals surface area contributed by atoms with Crippen molar-refractivity contribution in [2.45, 2.75) is 59.4 Å². The second-order valence-corrected chi connectivity index (χ2v) is 8.76. The molecule has 1 heterocycles. The van der Waals surface area contributed by atoms with E-state index in [0.29, 0.717) is 17.1 Å². The molecule has 1 aliphatic rings. The maximum absolute atomic E-state index is 13.5. The lowest BCUT2D eigenvalue weighted by Gasteiger charge is -2.32. The monoisotopic (exact) mass is 441 g/mol. The molecule has 1 fully saturated rings. The van der Waals surface area contributed by atoms with Gasteiger partial charge in [0.15, 0.2) is 5.82 Å². The van der Waals surface area contributed by atoms with Gasteiger partial charge in [-0.2, -0.15) is 0 Å². The fourth-order valence-electron chi connectivity index (χ4n) is 4.13. The first-order valence-electron chi connectivity index (χ1n) is 11.3. The minimum absolute atomic E-state index is 0.0125. The first kappa shape index (κ1) is 24.0. The minimum atomic E-state index is -1.57. The molecule has 9 heteroatoms. The lowest BCUT2D eigenvalue weighted by molar-refractivity contribution is -0.124. The highest BCUT2D eigenvalue weighted by molar-refractivity contribution is 6.58. The number of benzene rings is 1. The van der Waals surface area contributed by atoms with Gasteiger partial charge in [-0.3, -0.25) is 9.69 Å². The Hall–Kier alpha value is -2.65. The molecule has 32 heavy (non-hydrogen) atoms. The SMILES string of the molecule is CCOC(=O)c1cn(-c2ccc(B(O)O)cc2)nc1N(C(=O)C1CCC(C)CC1)C(C)C. The van der Waals surface area contributed by atoms with Gasteiger partial charge in [-0.1, -0.05) is 19.1 Å². The number of nitrogens with zero attached hydrogens (tertiary/aromatic N) is 3. The number of hydrogen-bond acceptors (Lipinski definition) is 6. The average Bonchev–Trinajstić information content (AvgIpc) is 3.19. The van der Waals surface area contributed by atoms with Crippen LogP contribution >= 0.6 is 0 Å². The van der Waals surface area contributed by atoms with E-state index < -0.39 is 13.1 Å². The van der Waals surface area contributed by atoms with E-state index in [4.69, 9.17) is 4.74 Å². The third-order valence-corrected chi connectivity index (χ3v) is 5.99. The number of rotatable bonds is 7. The van der Waals surface area contributed by atoms with E-state index in [-0.39, 0.29) is 35.9 Å². The fraction of sp³-hybridized carbons (Fsp3) is 0.522. The Morgan fingerprint density at radius 1 is 1.19 bits per heavy atom. The third-order valence-electron chi connectivity index (χ3n) is 5.99. The van der Waals surface area contributed by atoms with Crippen molar-refractivity contribution in [2.75, 3.05) is 11.5 Å². The number of hydrogen-bond donors (Lipinski definition) is 2. The highest BCUT2D eigenvalue weighted by Gasteiger charge is 2.34. The van der Waals surface area contributed by atoms with Gasteiger partial charge in [0.25, 0.3) is 0 Å². The van der Waals surface area contributed by atoms with Crippen LogP contribution in [0.3, 0.4) is 0 Å². The quantitative estimate of drug-likeness (QED) is 0.505. The molecule has 0 spiro atoms. The summed E-state index contributed by atoms with van der Waals surface area (Å²) in [6.07, 6.45) is 5.27. The van der Waals surface area contributed by atoms with Crippen LogP contribution in [0.15, 0.2) is 30.5 Å². The van der Waals surface area contributed by atoms with Crippen LogP contribution in [0.25, 0.3) is 5.69 Å². The van der Waals surface area contributed by atoms with Crippen molar-refractivity contribution in [3.05, 3.63) is 36.0 Å². The molecule has 1 saturated carbocycles. The van der Waals surface area contributed by atoms with Crippen LogP contribution in [0.2, 0.25) is 0 Å². The van der Waals surface area contributed by atoms with Crippen LogP contribution in [0.1, 0.15) is 63.7 Å². The van der Waals surface area contributed by atoms with E-state index in [1.165, 1.54) is 4.68 Å². The molecule has 0 atom stereocenters. The number of carbonyl (C=O) groups is 2. The van der Waals surface area contributed by atoms with Crippen LogP contribution in [0, 0.1) is 11.8 Å². The van der Waals surface area contributed by atoms with Gasteiger partial charge < -0.3 is 14.8 Å². The fourth-order valence-corrected chi connectivity index (χ4v) is 4.13. The number of esters is 1. The van der Waals surface area contributed by atoms with E-state index in [0.717, 1.165) is 25.7 Å². The Labute approximate surface area is 189 Å². The molecule has 172 valence electrons. The van der Waals surface area contributed by atoms with Crippen molar-refractivity contribution in [1.82, 2.24) is 9.78 Å². The minimum Gasteiger partial charge on any atom is -0.462 e. The molecule has 1 aromatic carbocycles. The summed E-state index contributed by atoms with van der Waals surface area (Å²) in [6, 6.07) is 6.29. The Balaban J connectivity index is 2.01. The summed E-state index contributed by atoms with van der Waals surface area (Å²) in [5.41, 5.74) is 1.19. The van der Waals surface area contributed by atoms with E-state index in [1.807, 2.05) is 13.8 Å². The van der Waals surface area contributed by atoms with Crippen molar-refractivity contribution in [2.24, 2.45) is 11.8 Å². The third kappa shape index (κ3) is 5.22. The lowest BCUT2D eigenvalue weighted by atomic mass is 9.80. The lowest BCUT2D eigenvalue weighted by Crippen LogP contribution is -2.43. The van der Waals surface area contributed by atoms with Crippen molar-refractivity contribution >= 4 is 30.3 Å². The Bertz CT molecular complexity index is 934. The molecule has 1 aromatic heterocycles. The first-order chi connectivity index (χ1) is 15.2. The summed E-state index contributed by atoms with van der Waals surface area (Å²) >= 11 is 0. The maximum atomic E-state index is 13.5. The van der Waals surface area contributed by atoms with Gasteiger partial charge in [-0.25, -0.2) is 9.48 Å². The number of carbonyl (C=O) groups excluding carboxylic acids is 2. The van der Waals surface area contributed by atoms with Crippen LogP contribution in [0.5, 0.6) is 0 Å². The van der Waals surface area contributed by atoms with Gasteiger partial charge in [-0.05, 0) is 70.0 Å². The van der Waals surface area contributed by atoms with Gasteiger partial charge in [0.05, 0.1) is 12.3 Å². The molecule has 0 radical (unpaired) electrons. The van der Waals surface area contributed by atoms with Gasteiger partial charge in [0, 0.05) is 18.2 Å². The smallest absolute Gasteiger partial charge is 0.462 e. The van der Waals surface area contributed by atoms with Crippen molar-refractivity contribution in [1.29, 1.82) is 0 Å². The topological polar surface area (TPSA) is 105 Å². The molecule has 3 rings (SSSR count). The summed E-state index contributed by atoms with van der Waals surface area (Å²) in [7, 11) is -1.57. The van der Waals surface area contributed by atoms with Crippen LogP contribution in [0.4, 0.5) is 5.82 Å². The molecular formula is C23H32BN3O5. The van der Waals surface area contributed by atoms with Crippen molar-refractivity contribution < 1.29 is 24.4 Å². The highest BCUT2D eigenvalue weighted by atomic mass is 16.5. The number of anilines is 1. The molecule has 0 aliphatic heterocycles. The van der Waals surface area contributed by atoms with Crippen LogP contribution < -0.4 is 10.4 Å². The number of ether oxygens (including phenoxy) is 1. The van der Waals surface area contributed by atoms with E-state index in [1.54, 1.807) is 42.3 Å². The predicted octanol–water partition coefficient (Wildman–Crippen LogP) is 2.30. The normalized spacial score (nSPS) is 18.5. The molecule has 8 nitrogen and oxygen atoms in total. The Morgan fingerprint density at radius 3 is 2.34 bits per heavy atom. The Kier molecular flexibility index (Phi) is 7.74. The first-order valence-corrected chi connectivity index (χ1v) is 11.3. The zero-order valence-corrected chi connectivity index (χ0v) is 19.2. The largest absolute Gasteiger partial charge is 0.488 e. The molecule has 2 N–H and O–H groups in total. The van der Waals surface area contributed by atoms with Gasteiger partial charge in [-0.15, -0.1) is 5.10 Å². The summed E-state index contributed by atoms with van der Waals surface area (Å²) < 4.78 is 6.76. The molecule has 0 unspecified atom stereocenters. The van der Waals surface area contributed by atoms with Gasteiger partial charge in [0.1, 0.15) is 5.56 Å². The van der Waals surface area contributed by atoms with Gasteiger partial charge in [0.2, 0.25) is 5.91 Å². The average molecular weight is 441 g/mol. The number of amides is 1. The summed E-state index contributed by atoms with van der Waals surface area (Å²) in [5.74, 6) is 0.280. The molecule has 1 aliphatic carbocycles. The summed E-state index contributed by atoms with van der Waals surface area (Å²) in [5, 5.41) is 23.3. The van der Waals surface area contributed by atoms with E-state index in [9.17, 15) is 19.6 Å². The molecule has 2 aromatic rings. The van der Waals surface area contributed by atoms with Crippen LogP contribution in [-0.4, -0.2) is 51.5 Å². The second kappa shape index (κ2) is 10.3. The zero-order chi connectivity index (χ0) is 23.4. The van der Waals surface area contributed by atoms with E-state index >= 15 is 0 Å². The van der Waals surface area contributed by atoms with Gasteiger partial charge >= 0.3 is 13.1 Å². The predicted molar refractivity (Wildman–Crippen MR) is 123 cm³/mol. The Morgan fingerprint density at radius 2 is 1.81 bits per heavy atom. The maximum Gasteiger partial charge on any atom is 0.488 e. The van der Waals surface area contributed by atoms with Crippen molar-refractivity contribution in [3.8, 4) is 5.69 Å². The highest BCUT2D eigenvalue weighted by Crippen LogP contribution is 2.33. The molecule has 1 amide bonds. The second-order valence-electron chi connectivity index (χ2n) is 8.76.